The van der Waals surface area contributed by atoms with Crippen molar-refractivity contribution in [3.05, 3.63) is 75.8 Å². The fraction of sp³-hybridized carbons (Fsp3) is 0.447. The fourth-order valence-electron chi connectivity index (χ4n) is 7.87. The Hall–Kier alpha value is -4.52. The molecule has 3 N–H and O–H groups in total. The zero-order valence-electron chi connectivity index (χ0n) is 29.4. The summed E-state index contributed by atoms with van der Waals surface area (Å²) in [6.45, 7) is 4.16. The van der Waals surface area contributed by atoms with Gasteiger partial charge in [0.25, 0.3) is 11.8 Å². The number of aldehydes is 1. The predicted octanol–water partition coefficient (Wildman–Crippen LogP) is 5.43. The van der Waals surface area contributed by atoms with Crippen molar-refractivity contribution < 1.29 is 19.5 Å². The van der Waals surface area contributed by atoms with Gasteiger partial charge < -0.3 is 34.6 Å². The molecule has 4 heterocycles. The molecule has 13 heteroatoms. The maximum absolute atomic E-state index is 13.6. The molecule has 2 aliphatic heterocycles. The number of halogens is 1. The van der Waals surface area contributed by atoms with Crippen LogP contribution >= 0.6 is 11.6 Å². The molecule has 1 aliphatic carbocycles. The molecule has 2 aromatic heterocycles. The van der Waals surface area contributed by atoms with Crippen molar-refractivity contribution in [3.63, 3.8) is 0 Å². The minimum atomic E-state index is -0.423. The molecule has 0 spiro atoms. The van der Waals surface area contributed by atoms with E-state index in [0.29, 0.717) is 41.6 Å². The number of carbonyl (C=O) groups excluding carboxylic acids is 3. The summed E-state index contributed by atoms with van der Waals surface area (Å²) >= 11 is 6.88. The molecule has 12 nitrogen and oxygen atoms in total. The van der Waals surface area contributed by atoms with Crippen LogP contribution < -0.4 is 10.6 Å². The van der Waals surface area contributed by atoms with Gasteiger partial charge in [-0.05, 0) is 63.7 Å². The molecular weight excluding hydrogens is 668 g/mol. The molecule has 2 amide bonds. The number of aromatic hydroxyl groups is 1. The average molecular weight is 713 g/mol. The fourth-order valence-corrected chi connectivity index (χ4v) is 8.15. The Morgan fingerprint density at radius 2 is 1.43 bits per heavy atom. The van der Waals surface area contributed by atoms with E-state index in [1.54, 1.807) is 36.4 Å². The molecule has 0 unspecified atom stereocenters. The van der Waals surface area contributed by atoms with Gasteiger partial charge in [0.1, 0.15) is 12.0 Å². The van der Waals surface area contributed by atoms with Crippen molar-refractivity contribution in [2.75, 3.05) is 37.3 Å². The molecule has 0 saturated heterocycles. The monoisotopic (exact) mass is 712 g/mol. The number of hydrogen-bond donors (Lipinski definition) is 3. The summed E-state index contributed by atoms with van der Waals surface area (Å²) in [6.07, 6.45) is 8.09. The lowest BCUT2D eigenvalue weighted by Crippen LogP contribution is -2.33. The summed E-state index contributed by atoms with van der Waals surface area (Å²) < 4.78 is 3.69. The highest BCUT2D eigenvalue weighted by molar-refractivity contribution is 6.36. The predicted molar refractivity (Wildman–Crippen MR) is 196 cm³/mol. The number of anilines is 2. The Balaban J connectivity index is 1.03. The first-order valence-electron chi connectivity index (χ1n) is 17.8. The van der Waals surface area contributed by atoms with Crippen LogP contribution in [0.15, 0.2) is 36.4 Å². The zero-order valence-corrected chi connectivity index (χ0v) is 30.2. The highest BCUT2D eigenvalue weighted by atomic mass is 35.5. The number of rotatable bonds is 9. The first-order valence-corrected chi connectivity index (χ1v) is 18.2. The molecule has 51 heavy (non-hydrogen) atoms. The molecule has 7 rings (SSSR count). The zero-order chi connectivity index (χ0) is 35.8. The third kappa shape index (κ3) is 7.04. The van der Waals surface area contributed by atoms with Crippen molar-refractivity contribution in [2.45, 2.75) is 58.0 Å². The van der Waals surface area contributed by atoms with Crippen LogP contribution in [0.1, 0.15) is 76.1 Å². The van der Waals surface area contributed by atoms with Crippen LogP contribution in [0.4, 0.5) is 11.4 Å². The maximum Gasteiger partial charge on any atom is 0.291 e. The molecule has 1 saturated carbocycles. The van der Waals surface area contributed by atoms with Crippen LogP contribution in [-0.4, -0.2) is 78.8 Å². The van der Waals surface area contributed by atoms with Crippen LogP contribution in [-0.2, 0) is 44.8 Å². The minimum absolute atomic E-state index is 0.148. The quantitative estimate of drug-likeness (QED) is 0.155. The van der Waals surface area contributed by atoms with E-state index in [4.69, 9.17) is 16.6 Å². The standard InChI is InChI=1S/C38H45ClN8O4/c1-44-17-15-31-29(20-44)40-36(45(31)2)38(51)43-28-9-5-7-26(34(28)49)25-6-4-8-27(33(25)39)42-37(50)35-41-30-21-47(19-16-32(30)46(35)3)18-14-23-10-12-24(22-48)13-11-23/h4-9,22-24,49H,10-21H2,1-3H3,(H,42,50)(H,43,51). The van der Waals surface area contributed by atoms with Crippen molar-refractivity contribution in [1.82, 2.24) is 28.9 Å². The minimum Gasteiger partial charge on any atom is -0.505 e. The molecule has 3 aliphatic rings. The number of para-hydroxylation sites is 1. The van der Waals surface area contributed by atoms with Gasteiger partial charge in [0.15, 0.2) is 11.6 Å². The van der Waals surface area contributed by atoms with Gasteiger partial charge in [0, 0.05) is 81.5 Å². The lowest BCUT2D eigenvalue weighted by atomic mass is 9.81. The van der Waals surface area contributed by atoms with E-state index in [9.17, 15) is 19.5 Å². The Morgan fingerprint density at radius 3 is 2.10 bits per heavy atom. The van der Waals surface area contributed by atoms with Crippen molar-refractivity contribution in [2.24, 2.45) is 25.9 Å². The molecular formula is C38H45ClN8O4. The van der Waals surface area contributed by atoms with E-state index < -0.39 is 5.91 Å². The maximum atomic E-state index is 13.6. The van der Waals surface area contributed by atoms with Crippen LogP contribution in [0, 0.1) is 11.8 Å². The first kappa shape index (κ1) is 34.9. The Morgan fingerprint density at radius 1 is 0.843 bits per heavy atom. The summed E-state index contributed by atoms with van der Waals surface area (Å²) in [7, 11) is 5.73. The summed E-state index contributed by atoms with van der Waals surface area (Å²) in [6, 6.07) is 10.3. The number of fused-ring (bicyclic) bond motifs is 2. The topological polar surface area (TPSA) is 138 Å². The van der Waals surface area contributed by atoms with Crippen LogP contribution in [0.5, 0.6) is 5.75 Å². The second-order valence-corrected chi connectivity index (χ2v) is 14.7. The number of phenols is 1. The lowest BCUT2D eigenvalue weighted by molar-refractivity contribution is -0.112. The molecule has 268 valence electrons. The second-order valence-electron chi connectivity index (χ2n) is 14.3. The number of imidazole rings is 2. The number of nitrogens with one attached hydrogen (secondary N) is 2. The molecule has 0 atom stereocenters. The highest BCUT2D eigenvalue weighted by Crippen LogP contribution is 2.41. The van der Waals surface area contributed by atoms with Gasteiger partial charge >= 0.3 is 0 Å². The third-order valence-electron chi connectivity index (χ3n) is 10.9. The molecule has 0 bridgehead atoms. The Kier molecular flexibility index (Phi) is 10.00. The van der Waals surface area contributed by atoms with Gasteiger partial charge in [-0.25, -0.2) is 9.97 Å². The van der Waals surface area contributed by atoms with Crippen molar-refractivity contribution in [3.8, 4) is 16.9 Å². The number of nitrogens with zero attached hydrogens (tertiary/aromatic N) is 6. The number of likely N-dealkylation sites (N-methyl/N-ethyl adjacent to an activating group) is 1. The Labute approximate surface area is 302 Å². The lowest BCUT2D eigenvalue weighted by Gasteiger charge is -2.30. The van der Waals surface area contributed by atoms with Crippen LogP contribution in [0.3, 0.4) is 0 Å². The largest absolute Gasteiger partial charge is 0.505 e. The van der Waals surface area contributed by atoms with E-state index in [0.717, 1.165) is 93.6 Å². The molecule has 0 radical (unpaired) electrons. The summed E-state index contributed by atoms with van der Waals surface area (Å²) in [4.78, 5) is 52.0. The number of hydrogen-bond acceptors (Lipinski definition) is 8. The van der Waals surface area contributed by atoms with Crippen molar-refractivity contribution in [1.29, 1.82) is 0 Å². The number of benzene rings is 2. The van der Waals surface area contributed by atoms with E-state index in [1.807, 2.05) is 30.3 Å². The highest BCUT2D eigenvalue weighted by Gasteiger charge is 2.28. The van der Waals surface area contributed by atoms with Crippen LogP contribution in [0.25, 0.3) is 11.1 Å². The van der Waals surface area contributed by atoms with Gasteiger partial charge in [0.05, 0.1) is 27.8 Å². The Bertz CT molecular complexity index is 1980. The SMILES string of the molecule is CN1CCc2c(nc(C(=O)Nc3cccc(-c4cccc(NC(=O)c5nc6c(n5C)CCN(CCC5CCC(C=O)CC5)C6)c4Cl)c3O)n2C)C1. The number of amides is 2. The summed E-state index contributed by atoms with van der Waals surface area (Å²) in [5.74, 6) is 0.539. The molecule has 2 aromatic carbocycles. The number of phenolic OH excluding ortho intramolecular Hbond substituents is 1. The van der Waals surface area contributed by atoms with E-state index >= 15 is 0 Å². The van der Waals surface area contributed by atoms with Crippen LogP contribution in [0.2, 0.25) is 5.02 Å². The van der Waals surface area contributed by atoms with Gasteiger partial charge in [-0.3, -0.25) is 14.5 Å². The third-order valence-corrected chi connectivity index (χ3v) is 11.4. The van der Waals surface area contributed by atoms with E-state index in [2.05, 4.69) is 25.4 Å². The summed E-state index contributed by atoms with van der Waals surface area (Å²) in [5.41, 5.74) is 5.39. The molecule has 1 fully saturated rings. The molecule has 4 aromatic rings. The number of aromatic nitrogens is 4. The number of carbonyl (C=O) groups is 3. The van der Waals surface area contributed by atoms with Gasteiger partial charge in [0.2, 0.25) is 0 Å². The van der Waals surface area contributed by atoms with Crippen molar-refractivity contribution >= 4 is 41.1 Å². The smallest absolute Gasteiger partial charge is 0.291 e. The van der Waals surface area contributed by atoms with E-state index in [1.165, 1.54) is 0 Å². The van der Waals surface area contributed by atoms with Gasteiger partial charge in [-0.2, -0.15) is 0 Å². The first-order chi connectivity index (χ1) is 24.6. The average Bonchev–Trinajstić information content (AvgIpc) is 3.64. The van der Waals surface area contributed by atoms with Gasteiger partial charge in [-0.15, -0.1) is 0 Å². The van der Waals surface area contributed by atoms with Gasteiger partial charge in [-0.1, -0.05) is 35.9 Å². The normalized spacial score (nSPS) is 19.3. The van der Waals surface area contributed by atoms with E-state index in [-0.39, 0.29) is 34.1 Å². The second kappa shape index (κ2) is 14.6. The summed E-state index contributed by atoms with van der Waals surface area (Å²) in [5, 5.41) is 17.3.